The number of carbonyl (C=O) groups excluding carboxylic acids is 3. The first-order valence-electron chi connectivity index (χ1n) is 9.08. The number of nitrogens with zero attached hydrogens (tertiary/aromatic N) is 2. The van der Waals surface area contributed by atoms with Crippen LogP contribution >= 0.6 is 0 Å². The van der Waals surface area contributed by atoms with E-state index in [1.165, 1.54) is 12.0 Å². The molecule has 2 amide bonds. The van der Waals surface area contributed by atoms with Gasteiger partial charge >= 0.3 is 5.97 Å². The maximum atomic E-state index is 12.5. The number of fused-ring (bicyclic) bond motifs is 1. The molecule has 1 aliphatic heterocycles. The first-order chi connectivity index (χ1) is 13.9. The zero-order valence-corrected chi connectivity index (χ0v) is 16.3. The molecule has 0 fully saturated rings. The monoisotopic (exact) mass is 397 g/mol. The molecule has 0 radical (unpaired) electrons. The summed E-state index contributed by atoms with van der Waals surface area (Å²) in [5, 5.41) is 5.90. The zero-order chi connectivity index (χ0) is 21.0. The van der Waals surface area contributed by atoms with Crippen LogP contribution in [0.25, 0.3) is 0 Å². The highest BCUT2D eigenvalue weighted by atomic mass is 16.5. The third-order valence-electron chi connectivity index (χ3n) is 4.64. The van der Waals surface area contributed by atoms with Crippen LogP contribution in [0.5, 0.6) is 0 Å². The number of likely N-dealkylation sites (N-methyl/N-ethyl adjacent to an activating group) is 1. The molecule has 0 saturated carbocycles. The lowest BCUT2D eigenvalue weighted by Gasteiger charge is -2.19. The topological polar surface area (TPSA) is 127 Å². The van der Waals surface area contributed by atoms with E-state index in [1.54, 1.807) is 43.4 Å². The molecule has 3 rings (SSSR count). The van der Waals surface area contributed by atoms with Crippen LogP contribution in [0, 0.1) is 0 Å². The number of hydrogen-bond acceptors (Lipinski definition) is 7. The van der Waals surface area contributed by atoms with Gasteiger partial charge in [-0.25, -0.2) is 4.98 Å². The minimum absolute atomic E-state index is 0.0748. The van der Waals surface area contributed by atoms with Crippen molar-refractivity contribution in [2.75, 3.05) is 25.2 Å². The quantitative estimate of drug-likeness (QED) is 0.640. The molecule has 1 aromatic carbocycles. The van der Waals surface area contributed by atoms with Crippen molar-refractivity contribution in [3.05, 3.63) is 53.2 Å². The Kier molecular flexibility index (Phi) is 5.96. The van der Waals surface area contributed by atoms with Crippen LogP contribution in [0.15, 0.2) is 36.4 Å². The van der Waals surface area contributed by atoms with Gasteiger partial charge in [0.15, 0.2) is 0 Å². The first kappa shape index (κ1) is 20.1. The lowest BCUT2D eigenvalue weighted by Crippen LogP contribution is -2.39. The van der Waals surface area contributed by atoms with Gasteiger partial charge in [0, 0.05) is 24.8 Å². The molecule has 1 atom stereocenters. The van der Waals surface area contributed by atoms with Gasteiger partial charge in [-0.1, -0.05) is 6.07 Å². The highest BCUT2D eigenvalue weighted by molar-refractivity contribution is 5.95. The van der Waals surface area contributed by atoms with Crippen molar-refractivity contribution in [1.29, 1.82) is 0 Å². The molecule has 1 aliphatic rings. The van der Waals surface area contributed by atoms with E-state index in [4.69, 9.17) is 5.73 Å². The van der Waals surface area contributed by atoms with Crippen molar-refractivity contribution in [2.24, 2.45) is 0 Å². The van der Waals surface area contributed by atoms with Gasteiger partial charge in [-0.2, -0.15) is 0 Å². The molecule has 9 nitrogen and oxygen atoms in total. The molecule has 1 aromatic heterocycles. The molecule has 0 aliphatic carbocycles. The van der Waals surface area contributed by atoms with E-state index in [0.717, 1.165) is 5.56 Å². The number of nitrogens with one attached hydrogen (secondary N) is 2. The summed E-state index contributed by atoms with van der Waals surface area (Å²) in [6, 6.07) is 9.64. The van der Waals surface area contributed by atoms with Gasteiger partial charge in [-0.05, 0) is 35.9 Å². The van der Waals surface area contributed by atoms with Crippen LogP contribution in [-0.4, -0.2) is 47.9 Å². The number of hydrogen-bond donors (Lipinski definition) is 3. The standard InChI is InChI=1S/C20H23N5O4/c1-25-11-13-8-12(19(27)22-10-14-4-3-5-17(21)23-14)6-7-15(13)24-16(20(25)28)9-18(26)29-2/h3-8,16,24H,9-11H2,1-2H3,(H2,21,23)(H,22,27)/t16-/m0/s1. The summed E-state index contributed by atoms with van der Waals surface area (Å²) < 4.78 is 4.67. The predicted octanol–water partition coefficient (Wildman–Crippen LogP) is 0.909. The molecular weight excluding hydrogens is 374 g/mol. The zero-order valence-electron chi connectivity index (χ0n) is 16.3. The van der Waals surface area contributed by atoms with Crippen LogP contribution in [0.4, 0.5) is 11.5 Å². The summed E-state index contributed by atoms with van der Waals surface area (Å²) in [4.78, 5) is 42.3. The molecule has 0 bridgehead atoms. The van der Waals surface area contributed by atoms with Crippen molar-refractivity contribution < 1.29 is 19.1 Å². The molecule has 2 aromatic rings. The molecule has 2 heterocycles. The van der Waals surface area contributed by atoms with E-state index < -0.39 is 12.0 Å². The van der Waals surface area contributed by atoms with Crippen molar-refractivity contribution in [3.8, 4) is 0 Å². The molecule has 9 heteroatoms. The Balaban J connectivity index is 1.74. The Morgan fingerprint density at radius 3 is 2.86 bits per heavy atom. The average Bonchev–Trinajstić information content (AvgIpc) is 2.82. The molecule has 0 saturated heterocycles. The average molecular weight is 397 g/mol. The minimum atomic E-state index is -0.719. The fourth-order valence-electron chi connectivity index (χ4n) is 3.11. The number of pyridine rings is 1. The summed E-state index contributed by atoms with van der Waals surface area (Å²) in [6.07, 6.45) is -0.0748. The summed E-state index contributed by atoms with van der Waals surface area (Å²) in [6.45, 7) is 0.565. The Bertz CT molecular complexity index is 946. The molecule has 29 heavy (non-hydrogen) atoms. The summed E-state index contributed by atoms with van der Waals surface area (Å²) in [5.74, 6) is -0.562. The van der Waals surface area contributed by atoms with Gasteiger partial charge < -0.3 is 26.0 Å². The maximum Gasteiger partial charge on any atom is 0.308 e. The molecule has 0 unspecified atom stereocenters. The minimum Gasteiger partial charge on any atom is -0.469 e. The number of rotatable bonds is 5. The molecular formula is C20H23N5O4. The van der Waals surface area contributed by atoms with Crippen LogP contribution in [0.3, 0.4) is 0 Å². The number of anilines is 2. The van der Waals surface area contributed by atoms with Gasteiger partial charge in [-0.15, -0.1) is 0 Å². The molecule has 0 spiro atoms. The van der Waals surface area contributed by atoms with Gasteiger partial charge in [0.25, 0.3) is 5.91 Å². The SMILES string of the molecule is COC(=O)C[C@@H]1Nc2ccc(C(=O)NCc3cccc(N)n3)cc2CN(C)C1=O. The fourth-order valence-corrected chi connectivity index (χ4v) is 3.11. The van der Waals surface area contributed by atoms with Gasteiger partial charge in [0.1, 0.15) is 11.9 Å². The van der Waals surface area contributed by atoms with Crippen LogP contribution in [0.1, 0.15) is 28.0 Å². The van der Waals surface area contributed by atoms with E-state index >= 15 is 0 Å². The van der Waals surface area contributed by atoms with Gasteiger partial charge in [0.05, 0.1) is 25.8 Å². The second-order valence-corrected chi connectivity index (χ2v) is 6.78. The summed E-state index contributed by atoms with van der Waals surface area (Å²) in [7, 11) is 2.94. The molecule has 152 valence electrons. The smallest absolute Gasteiger partial charge is 0.308 e. The largest absolute Gasteiger partial charge is 0.469 e. The Morgan fingerprint density at radius 2 is 2.14 bits per heavy atom. The van der Waals surface area contributed by atoms with Crippen LogP contribution < -0.4 is 16.4 Å². The van der Waals surface area contributed by atoms with E-state index in [0.29, 0.717) is 29.3 Å². The van der Waals surface area contributed by atoms with Crippen molar-refractivity contribution in [2.45, 2.75) is 25.6 Å². The van der Waals surface area contributed by atoms with Crippen molar-refractivity contribution in [1.82, 2.24) is 15.2 Å². The van der Waals surface area contributed by atoms with Crippen LogP contribution in [0.2, 0.25) is 0 Å². The van der Waals surface area contributed by atoms with Crippen LogP contribution in [-0.2, 0) is 27.4 Å². The first-order valence-corrected chi connectivity index (χ1v) is 9.08. The van der Waals surface area contributed by atoms with Crippen molar-refractivity contribution >= 4 is 29.3 Å². The van der Waals surface area contributed by atoms with E-state index in [1.807, 2.05) is 0 Å². The number of methoxy groups -OCH3 is 1. The third-order valence-corrected chi connectivity index (χ3v) is 4.64. The number of ether oxygens (including phenoxy) is 1. The Labute approximate surface area is 168 Å². The summed E-state index contributed by atoms with van der Waals surface area (Å²) in [5.41, 5.74) is 8.25. The maximum absolute atomic E-state index is 12.5. The number of aromatic nitrogens is 1. The predicted molar refractivity (Wildman–Crippen MR) is 107 cm³/mol. The number of nitrogen functional groups attached to an aromatic ring is 1. The second-order valence-electron chi connectivity index (χ2n) is 6.78. The number of amides is 2. The van der Waals surface area contributed by atoms with E-state index in [9.17, 15) is 14.4 Å². The summed E-state index contributed by atoms with van der Waals surface area (Å²) >= 11 is 0. The molecule has 4 N–H and O–H groups in total. The highest BCUT2D eigenvalue weighted by Crippen LogP contribution is 2.25. The number of carbonyl (C=O) groups is 3. The van der Waals surface area contributed by atoms with Gasteiger partial charge in [-0.3, -0.25) is 14.4 Å². The van der Waals surface area contributed by atoms with Crippen molar-refractivity contribution in [3.63, 3.8) is 0 Å². The van der Waals surface area contributed by atoms with E-state index in [2.05, 4.69) is 20.4 Å². The highest BCUT2D eigenvalue weighted by Gasteiger charge is 2.29. The Morgan fingerprint density at radius 1 is 1.34 bits per heavy atom. The fraction of sp³-hybridized carbons (Fsp3) is 0.300. The van der Waals surface area contributed by atoms with E-state index in [-0.39, 0.29) is 24.8 Å². The number of benzene rings is 1. The van der Waals surface area contributed by atoms with Gasteiger partial charge in [0.2, 0.25) is 5.91 Å². The second kappa shape index (κ2) is 8.59. The number of nitrogens with two attached hydrogens (primary N) is 1. The lowest BCUT2D eigenvalue weighted by molar-refractivity contribution is -0.143. The Hall–Kier alpha value is -3.62. The lowest BCUT2D eigenvalue weighted by atomic mass is 10.1. The third kappa shape index (κ3) is 4.81. The normalized spacial score (nSPS) is 15.7. The number of esters is 1.